The van der Waals surface area contributed by atoms with Crippen molar-refractivity contribution in [3.63, 3.8) is 0 Å². The highest BCUT2D eigenvalue weighted by atomic mass is 31.2. The predicted molar refractivity (Wildman–Crippen MR) is 104 cm³/mol. The lowest BCUT2D eigenvalue weighted by molar-refractivity contribution is -0.639. The second-order valence-corrected chi connectivity index (χ2v) is 9.77. The highest BCUT2D eigenvalue weighted by Gasteiger charge is 2.75. The third-order valence-electron chi connectivity index (χ3n) is 7.27. The first-order chi connectivity index (χ1) is 13.9. The van der Waals surface area contributed by atoms with Gasteiger partial charge in [0.2, 0.25) is 0 Å². The molecule has 1 aromatic rings. The fraction of sp³-hybridized carbons (Fsp3) is 0.619. The van der Waals surface area contributed by atoms with Crippen molar-refractivity contribution in [2.24, 2.45) is 11.8 Å². The number of phosphoric ester groups is 1. The molecule has 2 bridgehead atoms. The SMILES string of the molecule is COC1(c2ccc(OP(=O)(O)O)cc2)OOC12C1CCCC2C2=C(CCCC2)C1. The fourth-order valence-corrected chi connectivity index (χ4v) is 6.60. The van der Waals surface area contributed by atoms with Gasteiger partial charge in [-0.05, 0) is 69.2 Å². The molecule has 1 saturated heterocycles. The van der Waals surface area contributed by atoms with E-state index in [-0.39, 0.29) is 11.7 Å². The van der Waals surface area contributed by atoms with Crippen LogP contribution < -0.4 is 4.52 Å². The number of phosphoric acid groups is 1. The van der Waals surface area contributed by atoms with Crippen molar-refractivity contribution in [3.05, 3.63) is 41.0 Å². The molecule has 29 heavy (non-hydrogen) atoms. The molecule has 2 fully saturated rings. The summed E-state index contributed by atoms with van der Waals surface area (Å²) in [5.74, 6) is -0.314. The average Bonchev–Trinajstić information content (AvgIpc) is 2.67. The molecular formula is C21H27O7P. The van der Waals surface area contributed by atoms with Gasteiger partial charge < -0.3 is 9.26 Å². The second kappa shape index (κ2) is 6.91. The van der Waals surface area contributed by atoms with E-state index in [2.05, 4.69) is 4.52 Å². The molecule has 158 valence electrons. The third kappa shape index (κ3) is 2.87. The molecule has 1 aromatic carbocycles. The molecule has 5 rings (SSSR count). The smallest absolute Gasteiger partial charge is 0.404 e. The van der Waals surface area contributed by atoms with E-state index in [1.54, 1.807) is 30.4 Å². The summed E-state index contributed by atoms with van der Waals surface area (Å²) >= 11 is 0. The first kappa shape index (κ1) is 19.7. The van der Waals surface area contributed by atoms with Gasteiger partial charge in [0, 0.05) is 24.5 Å². The first-order valence-electron chi connectivity index (χ1n) is 10.4. The summed E-state index contributed by atoms with van der Waals surface area (Å²) in [5, 5.41) is 0. The first-order valence-corrected chi connectivity index (χ1v) is 11.9. The average molecular weight is 422 g/mol. The van der Waals surface area contributed by atoms with Gasteiger partial charge in [-0.1, -0.05) is 17.6 Å². The molecule has 1 heterocycles. The Kier molecular flexibility index (Phi) is 4.70. The summed E-state index contributed by atoms with van der Waals surface area (Å²) < 4.78 is 21.8. The Labute approximate surface area is 170 Å². The fourth-order valence-electron chi connectivity index (χ4n) is 6.21. The normalized spacial score (nSPS) is 36.5. The van der Waals surface area contributed by atoms with Gasteiger partial charge in [-0.25, -0.2) is 9.45 Å². The molecular weight excluding hydrogens is 395 g/mol. The molecule has 1 spiro atoms. The van der Waals surface area contributed by atoms with Gasteiger partial charge in [0.15, 0.2) is 5.60 Å². The summed E-state index contributed by atoms with van der Waals surface area (Å²) in [7, 11) is -2.96. The monoisotopic (exact) mass is 422 g/mol. The van der Waals surface area contributed by atoms with Crippen molar-refractivity contribution in [2.75, 3.05) is 7.11 Å². The lowest BCUT2D eigenvalue weighted by Crippen LogP contribution is -2.74. The molecule has 1 saturated carbocycles. The second-order valence-electron chi connectivity index (χ2n) is 8.61. The lowest BCUT2D eigenvalue weighted by Gasteiger charge is -2.65. The van der Waals surface area contributed by atoms with Crippen molar-refractivity contribution >= 4 is 7.82 Å². The maximum absolute atomic E-state index is 11.1. The lowest BCUT2D eigenvalue weighted by atomic mass is 9.53. The molecule has 2 N–H and O–H groups in total. The van der Waals surface area contributed by atoms with Crippen LogP contribution in [0, 0.1) is 11.8 Å². The quantitative estimate of drug-likeness (QED) is 0.423. The van der Waals surface area contributed by atoms with Crippen molar-refractivity contribution in [1.82, 2.24) is 0 Å². The van der Waals surface area contributed by atoms with Crippen molar-refractivity contribution in [3.8, 4) is 5.75 Å². The maximum atomic E-state index is 11.1. The molecule has 3 aliphatic carbocycles. The number of ether oxygens (including phenoxy) is 1. The number of hydrogen-bond acceptors (Lipinski definition) is 5. The van der Waals surface area contributed by atoms with Gasteiger partial charge in [-0.15, -0.1) is 0 Å². The highest BCUT2D eigenvalue weighted by molar-refractivity contribution is 7.46. The zero-order chi connectivity index (χ0) is 20.3. The Hall–Kier alpha value is -1.21. The Bertz CT molecular complexity index is 872. The van der Waals surface area contributed by atoms with Crippen LogP contribution in [0.15, 0.2) is 35.4 Å². The molecule has 1 aliphatic heterocycles. The Balaban J connectivity index is 1.54. The van der Waals surface area contributed by atoms with Crippen molar-refractivity contribution in [2.45, 2.75) is 62.8 Å². The van der Waals surface area contributed by atoms with Crippen molar-refractivity contribution < 1.29 is 33.4 Å². The van der Waals surface area contributed by atoms with E-state index in [0.29, 0.717) is 5.92 Å². The third-order valence-corrected chi connectivity index (χ3v) is 7.72. The summed E-state index contributed by atoms with van der Waals surface area (Å²) in [5.41, 5.74) is 3.41. The van der Waals surface area contributed by atoms with E-state index < -0.39 is 19.2 Å². The standard InChI is InChI=1S/C21H27O7P/c1-25-21(15-9-11-17(12-10-15)26-29(22,23)24)20(27-28-21)16-6-4-8-19(20)18-7-3-2-5-14(18)13-16/h9-12,16,19H,2-8,13H2,1H3,(H2,22,23,24). The van der Waals surface area contributed by atoms with E-state index in [1.807, 2.05) is 0 Å². The Morgan fingerprint density at radius 2 is 1.83 bits per heavy atom. The van der Waals surface area contributed by atoms with Crippen LogP contribution in [0.1, 0.15) is 56.9 Å². The van der Waals surface area contributed by atoms with Crippen LogP contribution in [0.3, 0.4) is 0 Å². The maximum Gasteiger partial charge on any atom is 0.524 e. The summed E-state index contributed by atoms with van der Waals surface area (Å²) in [6.07, 6.45) is 9.22. The minimum Gasteiger partial charge on any atom is -0.404 e. The highest BCUT2D eigenvalue weighted by Crippen LogP contribution is 2.66. The van der Waals surface area contributed by atoms with Crippen LogP contribution >= 0.6 is 7.82 Å². The molecule has 7 nitrogen and oxygen atoms in total. The van der Waals surface area contributed by atoms with Gasteiger partial charge >= 0.3 is 7.82 Å². The number of methoxy groups -OCH3 is 1. The molecule has 0 aromatic heterocycles. The van der Waals surface area contributed by atoms with Crippen LogP contribution in [0.25, 0.3) is 0 Å². The van der Waals surface area contributed by atoms with Crippen LogP contribution in [0.5, 0.6) is 5.75 Å². The van der Waals surface area contributed by atoms with Gasteiger partial charge in [0.1, 0.15) is 5.75 Å². The van der Waals surface area contributed by atoms with Gasteiger partial charge in [-0.2, -0.15) is 4.89 Å². The summed E-state index contributed by atoms with van der Waals surface area (Å²) in [6, 6.07) is 6.57. The zero-order valence-electron chi connectivity index (χ0n) is 16.5. The molecule has 0 amide bonds. The van der Waals surface area contributed by atoms with E-state index in [1.165, 1.54) is 37.8 Å². The topological polar surface area (TPSA) is 94.5 Å². The number of allylic oxidation sites excluding steroid dienone is 1. The number of rotatable bonds is 4. The van der Waals surface area contributed by atoms with Gasteiger partial charge in [0.05, 0.1) is 0 Å². The summed E-state index contributed by atoms with van der Waals surface area (Å²) in [4.78, 5) is 29.9. The van der Waals surface area contributed by atoms with E-state index >= 15 is 0 Å². The predicted octanol–water partition coefficient (Wildman–Crippen LogP) is 4.35. The number of hydrogen-bond donors (Lipinski definition) is 2. The molecule has 8 heteroatoms. The number of benzene rings is 1. The zero-order valence-corrected chi connectivity index (χ0v) is 17.4. The van der Waals surface area contributed by atoms with Crippen molar-refractivity contribution in [1.29, 1.82) is 0 Å². The minimum atomic E-state index is -4.60. The molecule has 4 unspecified atom stereocenters. The summed E-state index contributed by atoms with van der Waals surface area (Å²) in [6.45, 7) is 0. The molecule has 0 radical (unpaired) electrons. The van der Waals surface area contributed by atoms with E-state index in [4.69, 9.17) is 24.3 Å². The van der Waals surface area contributed by atoms with Gasteiger partial charge in [-0.3, -0.25) is 9.79 Å². The molecule has 4 atom stereocenters. The van der Waals surface area contributed by atoms with E-state index in [9.17, 15) is 4.57 Å². The minimum absolute atomic E-state index is 0.101. The van der Waals surface area contributed by atoms with Crippen LogP contribution in [0.4, 0.5) is 0 Å². The Morgan fingerprint density at radius 1 is 1.07 bits per heavy atom. The number of fused-ring (bicyclic) bond motifs is 1. The van der Waals surface area contributed by atoms with E-state index in [0.717, 1.165) is 31.2 Å². The van der Waals surface area contributed by atoms with Gasteiger partial charge in [0.25, 0.3) is 5.79 Å². The van der Waals surface area contributed by atoms with Crippen LogP contribution in [-0.4, -0.2) is 22.5 Å². The Morgan fingerprint density at radius 3 is 2.48 bits per heavy atom. The molecule has 4 aliphatic rings. The van der Waals surface area contributed by atoms with Crippen LogP contribution in [-0.2, 0) is 24.9 Å². The largest absolute Gasteiger partial charge is 0.524 e. The van der Waals surface area contributed by atoms with Crippen LogP contribution in [0.2, 0.25) is 0 Å².